The molecule has 0 aromatic carbocycles. The van der Waals surface area contributed by atoms with Gasteiger partial charge < -0.3 is 16.6 Å². The molecule has 8 heavy (non-hydrogen) atoms. The van der Waals surface area contributed by atoms with Crippen molar-refractivity contribution in [3.8, 4) is 0 Å². The maximum absolute atomic E-state index is 9.45. The summed E-state index contributed by atoms with van der Waals surface area (Å²) in [6.07, 6.45) is -1.23. The van der Waals surface area contributed by atoms with Crippen molar-refractivity contribution in [2.75, 3.05) is 0 Å². The van der Waals surface area contributed by atoms with Crippen LogP contribution in [-0.2, 0) is 4.79 Å². The molecular weight excluding hydrogens is 108 g/mol. The topological polar surface area (TPSA) is 89.3 Å². The van der Waals surface area contributed by atoms with Gasteiger partial charge in [-0.05, 0) is 0 Å². The molecule has 0 rings (SSSR count). The Balaban J connectivity index is 0. The zero-order chi connectivity index (χ0) is 7.15. The lowest BCUT2D eigenvalue weighted by atomic mass is 10.6. The first-order valence-electron chi connectivity index (χ1n) is 1.88. The molecule has 0 heterocycles. The molecule has 0 aliphatic heterocycles. The van der Waals surface area contributed by atoms with Crippen molar-refractivity contribution in [1.29, 1.82) is 0 Å². The second-order valence-corrected chi connectivity index (χ2v) is 0.864. The first-order valence-corrected chi connectivity index (χ1v) is 1.88. The number of nitrogens with two attached hydrogens (primary N) is 2. The molecule has 0 atom stereocenters. The Morgan fingerprint density at radius 1 is 1.50 bits per heavy atom. The van der Waals surface area contributed by atoms with E-state index < -0.39 is 12.1 Å². The fourth-order valence-electron chi connectivity index (χ4n) is 0. The van der Waals surface area contributed by atoms with E-state index in [9.17, 15) is 4.79 Å². The second-order valence-electron chi connectivity index (χ2n) is 0.864. The lowest BCUT2D eigenvalue weighted by Gasteiger charge is -1.90. The molecule has 0 aliphatic rings. The number of carboxylic acids is 1. The average molecular weight is 118 g/mol. The van der Waals surface area contributed by atoms with E-state index in [-0.39, 0.29) is 0 Å². The van der Waals surface area contributed by atoms with Gasteiger partial charge in [0.2, 0.25) is 0 Å². The van der Waals surface area contributed by atoms with E-state index >= 15 is 0 Å². The number of carbonyl (C=O) groups is 1. The largest absolute Gasteiger partial charge is 0.479 e. The molecule has 5 N–H and O–H groups in total. The Hall–Kier alpha value is -0.870. The summed E-state index contributed by atoms with van der Waals surface area (Å²) in [5, 5.41) is 7.74. The lowest BCUT2D eigenvalue weighted by molar-refractivity contribution is -0.138. The van der Waals surface area contributed by atoms with Gasteiger partial charge in [0.05, 0.1) is 0 Å². The highest BCUT2D eigenvalue weighted by molar-refractivity contribution is 5.72. The molecular formula is C4H10N2O2. The zero-order valence-electron chi connectivity index (χ0n) is 4.50. The minimum Gasteiger partial charge on any atom is -0.479 e. The summed E-state index contributed by atoms with van der Waals surface area (Å²) >= 11 is 0. The summed E-state index contributed by atoms with van der Waals surface area (Å²) in [5.41, 5.74) is 9.23. The Morgan fingerprint density at radius 2 is 1.62 bits per heavy atom. The molecule has 0 aliphatic carbocycles. The molecule has 0 radical (unpaired) electrons. The molecule has 4 nitrogen and oxygen atoms in total. The molecule has 0 spiro atoms. The molecule has 4 heteroatoms. The average Bonchev–Trinajstić information content (AvgIpc) is 1.72. The van der Waals surface area contributed by atoms with Crippen LogP contribution in [0.1, 0.15) is 0 Å². The van der Waals surface area contributed by atoms with Gasteiger partial charge in [-0.2, -0.15) is 0 Å². The highest BCUT2D eigenvalue weighted by Gasteiger charge is 1.99. The van der Waals surface area contributed by atoms with Crippen molar-refractivity contribution in [1.82, 2.24) is 0 Å². The van der Waals surface area contributed by atoms with Gasteiger partial charge in [-0.1, -0.05) is 0 Å². The van der Waals surface area contributed by atoms with Crippen LogP contribution in [0.5, 0.6) is 0 Å². The van der Waals surface area contributed by atoms with Crippen LogP contribution in [0.25, 0.3) is 0 Å². The summed E-state index contributed by atoms with van der Waals surface area (Å²) in [6, 6.07) is 0. The fraction of sp³-hybridized carbons (Fsp3) is 0.250. The van der Waals surface area contributed by atoms with E-state index in [0.29, 0.717) is 0 Å². The number of carboxylic acid groups (broad SMARTS) is 1. The van der Waals surface area contributed by atoms with Crippen molar-refractivity contribution < 1.29 is 9.90 Å². The monoisotopic (exact) mass is 118 g/mol. The van der Waals surface area contributed by atoms with E-state index in [1.165, 1.54) is 0 Å². The number of aliphatic carboxylic acids is 1. The van der Waals surface area contributed by atoms with Gasteiger partial charge in [-0.25, -0.2) is 4.79 Å². The Kier molecular flexibility index (Phi) is 7.80. The van der Waals surface area contributed by atoms with Gasteiger partial charge in [0, 0.05) is 0 Å². The highest BCUT2D eigenvalue weighted by atomic mass is 16.4. The molecule has 0 bridgehead atoms. The number of rotatable bonds is 1. The summed E-state index contributed by atoms with van der Waals surface area (Å²) in [7, 11) is 0. The van der Waals surface area contributed by atoms with Crippen molar-refractivity contribution in [3.63, 3.8) is 0 Å². The standard InChI is InChI=1S/C2H6N2O2.C2H4/c3-1(4)2(5)6;1-2/h1H,3-4H2,(H,5,6);1-2H2. The first kappa shape index (κ1) is 10.2. The van der Waals surface area contributed by atoms with E-state index in [1.54, 1.807) is 0 Å². The van der Waals surface area contributed by atoms with Crippen molar-refractivity contribution >= 4 is 5.97 Å². The Bertz CT molecular complexity index is 72.4. The van der Waals surface area contributed by atoms with Gasteiger partial charge in [0.25, 0.3) is 0 Å². The van der Waals surface area contributed by atoms with Crippen molar-refractivity contribution in [2.24, 2.45) is 11.5 Å². The van der Waals surface area contributed by atoms with E-state index in [2.05, 4.69) is 24.6 Å². The Morgan fingerprint density at radius 3 is 1.62 bits per heavy atom. The molecule has 0 aromatic rings. The van der Waals surface area contributed by atoms with Gasteiger partial charge in [-0.3, -0.25) is 0 Å². The summed E-state index contributed by atoms with van der Waals surface area (Å²) in [5.74, 6) is -1.19. The lowest BCUT2D eigenvalue weighted by Crippen LogP contribution is -2.38. The normalized spacial score (nSPS) is 7.38. The Labute approximate surface area is 47.8 Å². The first-order chi connectivity index (χ1) is 3.64. The van der Waals surface area contributed by atoms with E-state index in [0.717, 1.165) is 0 Å². The molecule has 0 amide bonds. The maximum atomic E-state index is 9.45. The molecule has 48 valence electrons. The van der Waals surface area contributed by atoms with E-state index in [4.69, 9.17) is 5.11 Å². The van der Waals surface area contributed by atoms with E-state index in [1.807, 2.05) is 0 Å². The quantitative estimate of drug-likeness (QED) is 0.308. The second kappa shape index (κ2) is 6.13. The number of hydrogen-bond acceptors (Lipinski definition) is 3. The van der Waals surface area contributed by atoms with Crippen LogP contribution in [0.2, 0.25) is 0 Å². The predicted molar refractivity (Wildman–Crippen MR) is 31.1 cm³/mol. The minimum absolute atomic E-state index is 1.19. The van der Waals surface area contributed by atoms with Crippen LogP contribution in [0.4, 0.5) is 0 Å². The predicted octanol–water partition coefficient (Wildman–Crippen LogP) is -0.883. The van der Waals surface area contributed by atoms with Crippen molar-refractivity contribution in [3.05, 3.63) is 13.2 Å². The minimum atomic E-state index is -1.23. The molecule has 0 saturated heterocycles. The summed E-state index contributed by atoms with van der Waals surface area (Å²) in [4.78, 5) is 9.45. The van der Waals surface area contributed by atoms with Crippen LogP contribution in [0, 0.1) is 0 Å². The number of hydrogen-bond donors (Lipinski definition) is 3. The van der Waals surface area contributed by atoms with Crippen LogP contribution in [0.3, 0.4) is 0 Å². The molecule has 0 fully saturated rings. The van der Waals surface area contributed by atoms with Crippen LogP contribution in [-0.4, -0.2) is 17.2 Å². The third-order valence-electron chi connectivity index (χ3n) is 0.285. The third-order valence-corrected chi connectivity index (χ3v) is 0.285. The van der Waals surface area contributed by atoms with Gasteiger partial charge in [-0.15, -0.1) is 13.2 Å². The van der Waals surface area contributed by atoms with Gasteiger partial charge in [0.1, 0.15) is 0 Å². The summed E-state index contributed by atoms with van der Waals surface area (Å²) in [6.45, 7) is 6.00. The molecule has 0 unspecified atom stereocenters. The molecule has 0 aromatic heterocycles. The third kappa shape index (κ3) is 8.93. The van der Waals surface area contributed by atoms with Crippen LogP contribution >= 0.6 is 0 Å². The highest BCUT2D eigenvalue weighted by Crippen LogP contribution is 1.56. The van der Waals surface area contributed by atoms with Crippen molar-refractivity contribution in [2.45, 2.75) is 6.17 Å². The van der Waals surface area contributed by atoms with Crippen LogP contribution < -0.4 is 11.5 Å². The maximum Gasteiger partial charge on any atom is 0.335 e. The smallest absolute Gasteiger partial charge is 0.335 e. The van der Waals surface area contributed by atoms with Gasteiger partial charge in [0.15, 0.2) is 6.17 Å². The fourth-order valence-corrected chi connectivity index (χ4v) is 0. The molecule has 0 saturated carbocycles. The summed E-state index contributed by atoms with van der Waals surface area (Å²) < 4.78 is 0. The zero-order valence-corrected chi connectivity index (χ0v) is 4.50. The SMILES string of the molecule is C=C.NC(N)C(=O)O. The van der Waals surface area contributed by atoms with Gasteiger partial charge >= 0.3 is 5.97 Å². The van der Waals surface area contributed by atoms with Crippen LogP contribution in [0.15, 0.2) is 13.2 Å².